The lowest BCUT2D eigenvalue weighted by Crippen LogP contribution is -2.26. The van der Waals surface area contributed by atoms with Crippen LogP contribution in [0.1, 0.15) is 77.5 Å². The molecule has 1 saturated carbocycles. The van der Waals surface area contributed by atoms with E-state index < -0.39 is 12.3 Å². The summed E-state index contributed by atoms with van der Waals surface area (Å²) in [6.45, 7) is 0.0396. The van der Waals surface area contributed by atoms with Crippen LogP contribution in [-0.4, -0.2) is 34.9 Å². The SMILES string of the molecule is O=C(O)CCNC(=O)c1ccc(C(Nc2nc(-c3ccc(OC(F)(F)F)cc3)cs2)c2ccc(C3CCCCC3)cc2)cc1. The number of carbonyl (C=O) groups excluding carboxylic acids is 1. The van der Waals surface area contributed by atoms with Crippen LogP contribution in [0.5, 0.6) is 5.75 Å². The first kappa shape index (κ1) is 31.1. The maximum atomic E-state index is 12.5. The number of carbonyl (C=O) groups is 2. The number of carboxylic acids is 1. The van der Waals surface area contributed by atoms with E-state index in [-0.39, 0.29) is 30.7 Å². The van der Waals surface area contributed by atoms with Crippen LogP contribution in [0.2, 0.25) is 0 Å². The molecule has 0 aliphatic heterocycles. The van der Waals surface area contributed by atoms with Crippen LogP contribution in [0.3, 0.4) is 0 Å². The summed E-state index contributed by atoms with van der Waals surface area (Å²) in [5.74, 6) is -1.07. The maximum absolute atomic E-state index is 12.5. The number of hydrogen-bond donors (Lipinski definition) is 3. The lowest BCUT2D eigenvalue weighted by Gasteiger charge is -2.24. The number of ether oxygens (including phenoxy) is 1. The van der Waals surface area contributed by atoms with Gasteiger partial charge in [-0.05, 0) is 71.8 Å². The number of hydrogen-bond acceptors (Lipinski definition) is 6. The number of thiazole rings is 1. The van der Waals surface area contributed by atoms with Gasteiger partial charge in [0, 0.05) is 23.1 Å². The Bertz CT molecular complexity index is 1550. The van der Waals surface area contributed by atoms with Gasteiger partial charge in [-0.1, -0.05) is 55.7 Å². The number of nitrogens with zero attached hydrogens (tertiary/aromatic N) is 1. The average Bonchev–Trinajstić information content (AvgIpc) is 3.49. The molecule has 7 nitrogen and oxygen atoms in total. The number of alkyl halides is 3. The third-order valence-corrected chi connectivity index (χ3v) is 8.41. The van der Waals surface area contributed by atoms with E-state index in [1.54, 1.807) is 12.1 Å². The van der Waals surface area contributed by atoms with Crippen LogP contribution in [0.15, 0.2) is 78.2 Å². The average molecular weight is 624 g/mol. The van der Waals surface area contributed by atoms with Gasteiger partial charge in [-0.2, -0.15) is 0 Å². The molecule has 1 atom stereocenters. The van der Waals surface area contributed by atoms with Crippen molar-refractivity contribution in [2.45, 2.75) is 56.8 Å². The smallest absolute Gasteiger partial charge is 0.481 e. The largest absolute Gasteiger partial charge is 0.573 e. The lowest BCUT2D eigenvalue weighted by molar-refractivity contribution is -0.274. The Morgan fingerprint density at radius 1 is 0.932 bits per heavy atom. The Morgan fingerprint density at radius 2 is 1.57 bits per heavy atom. The number of aliphatic carboxylic acids is 1. The standard InChI is InChI=1S/C33H32F3N3O4S/c34-33(35,36)43-27-16-14-23(15-17-27)28-20-44-32(38-28)39-30(24-8-6-22(7-9-24)21-4-2-1-3-5-21)25-10-12-26(13-11-25)31(42)37-19-18-29(40)41/h6-17,20-21,30H,1-5,18-19H2,(H,37,42)(H,38,39)(H,40,41). The van der Waals surface area contributed by atoms with Crippen molar-refractivity contribution in [3.05, 3.63) is 100 Å². The molecule has 5 rings (SSSR count). The number of amides is 1. The van der Waals surface area contributed by atoms with Crippen molar-refractivity contribution in [3.63, 3.8) is 0 Å². The number of carboxylic acid groups (broad SMARTS) is 1. The van der Waals surface area contributed by atoms with Crippen LogP contribution in [0, 0.1) is 0 Å². The van der Waals surface area contributed by atoms with E-state index in [1.165, 1.54) is 73.3 Å². The molecule has 1 heterocycles. The van der Waals surface area contributed by atoms with Crippen LogP contribution >= 0.6 is 11.3 Å². The summed E-state index contributed by atoms with van der Waals surface area (Å²) in [4.78, 5) is 28.0. The van der Waals surface area contributed by atoms with Gasteiger partial charge in [0.05, 0.1) is 18.2 Å². The predicted molar refractivity (Wildman–Crippen MR) is 163 cm³/mol. The maximum Gasteiger partial charge on any atom is 0.573 e. The normalized spacial score (nSPS) is 14.5. The third kappa shape index (κ3) is 8.37. The fourth-order valence-corrected chi connectivity index (χ4v) is 6.14. The Morgan fingerprint density at radius 3 is 2.18 bits per heavy atom. The van der Waals surface area contributed by atoms with Crippen molar-refractivity contribution in [2.24, 2.45) is 0 Å². The van der Waals surface area contributed by atoms with Crippen molar-refractivity contribution in [1.29, 1.82) is 0 Å². The van der Waals surface area contributed by atoms with E-state index in [0.29, 0.717) is 27.9 Å². The zero-order valence-electron chi connectivity index (χ0n) is 23.8. The van der Waals surface area contributed by atoms with Gasteiger partial charge in [-0.15, -0.1) is 24.5 Å². The van der Waals surface area contributed by atoms with Crippen LogP contribution in [0.4, 0.5) is 18.3 Å². The summed E-state index contributed by atoms with van der Waals surface area (Å²) < 4.78 is 41.6. The van der Waals surface area contributed by atoms with Gasteiger partial charge < -0.3 is 20.5 Å². The Balaban J connectivity index is 1.36. The van der Waals surface area contributed by atoms with Crippen molar-refractivity contribution < 1.29 is 32.6 Å². The molecule has 1 aliphatic rings. The van der Waals surface area contributed by atoms with E-state index in [4.69, 9.17) is 10.1 Å². The second-order valence-electron chi connectivity index (χ2n) is 10.7. The fourth-order valence-electron chi connectivity index (χ4n) is 5.39. The Kier molecular flexibility index (Phi) is 9.84. The van der Waals surface area contributed by atoms with Gasteiger partial charge in [0.25, 0.3) is 5.91 Å². The Hall–Kier alpha value is -4.38. The molecule has 1 fully saturated rings. The highest BCUT2D eigenvalue weighted by atomic mass is 32.1. The number of aromatic nitrogens is 1. The second-order valence-corrected chi connectivity index (χ2v) is 11.6. The minimum atomic E-state index is -4.76. The molecule has 1 unspecified atom stereocenters. The van der Waals surface area contributed by atoms with Crippen LogP contribution in [-0.2, 0) is 4.79 Å². The molecule has 1 aliphatic carbocycles. The molecule has 0 saturated heterocycles. The summed E-state index contributed by atoms with van der Waals surface area (Å²) in [6, 6.07) is 21.0. The van der Waals surface area contributed by atoms with E-state index in [1.807, 2.05) is 17.5 Å². The van der Waals surface area contributed by atoms with Crippen molar-refractivity contribution >= 4 is 28.3 Å². The monoisotopic (exact) mass is 623 g/mol. The molecule has 4 aromatic rings. The summed E-state index contributed by atoms with van der Waals surface area (Å²) in [5, 5.41) is 17.4. The van der Waals surface area contributed by atoms with E-state index in [0.717, 1.165) is 11.1 Å². The van der Waals surface area contributed by atoms with Gasteiger partial charge in [-0.25, -0.2) is 4.98 Å². The number of nitrogens with one attached hydrogen (secondary N) is 2. The van der Waals surface area contributed by atoms with Gasteiger partial charge in [0.2, 0.25) is 0 Å². The summed E-state index contributed by atoms with van der Waals surface area (Å²) in [5.41, 5.74) is 4.90. The van der Waals surface area contributed by atoms with Crippen LogP contribution < -0.4 is 15.4 Å². The number of rotatable bonds is 11. The molecule has 0 bridgehead atoms. The number of anilines is 1. The number of benzene rings is 3. The molecule has 1 aromatic heterocycles. The fraction of sp³-hybridized carbons (Fsp3) is 0.303. The van der Waals surface area contributed by atoms with Gasteiger partial charge in [0.15, 0.2) is 5.13 Å². The minimum absolute atomic E-state index is 0.0396. The summed E-state index contributed by atoms with van der Waals surface area (Å²) >= 11 is 1.38. The number of halogens is 3. The summed E-state index contributed by atoms with van der Waals surface area (Å²) in [7, 11) is 0. The topological polar surface area (TPSA) is 101 Å². The molecule has 1 amide bonds. The second kappa shape index (κ2) is 13.9. The highest BCUT2D eigenvalue weighted by molar-refractivity contribution is 7.14. The van der Waals surface area contributed by atoms with Gasteiger partial charge in [0.1, 0.15) is 5.75 Å². The minimum Gasteiger partial charge on any atom is -0.481 e. The summed E-state index contributed by atoms with van der Waals surface area (Å²) in [6.07, 6.45) is 1.26. The predicted octanol–water partition coefficient (Wildman–Crippen LogP) is 8.16. The van der Waals surface area contributed by atoms with Gasteiger partial charge in [-0.3, -0.25) is 9.59 Å². The van der Waals surface area contributed by atoms with Crippen molar-refractivity contribution in [3.8, 4) is 17.0 Å². The van der Waals surface area contributed by atoms with Crippen molar-refractivity contribution in [2.75, 3.05) is 11.9 Å². The Labute approximate surface area is 257 Å². The van der Waals surface area contributed by atoms with Gasteiger partial charge >= 0.3 is 12.3 Å². The van der Waals surface area contributed by atoms with Crippen LogP contribution in [0.25, 0.3) is 11.3 Å². The van der Waals surface area contributed by atoms with E-state index in [2.05, 4.69) is 39.6 Å². The quantitative estimate of drug-likeness (QED) is 0.156. The third-order valence-electron chi connectivity index (χ3n) is 7.63. The van der Waals surface area contributed by atoms with E-state index >= 15 is 0 Å². The first-order valence-electron chi connectivity index (χ1n) is 14.4. The molecule has 44 heavy (non-hydrogen) atoms. The molecule has 0 radical (unpaired) electrons. The lowest BCUT2D eigenvalue weighted by atomic mass is 9.83. The molecule has 11 heteroatoms. The van der Waals surface area contributed by atoms with E-state index in [9.17, 15) is 22.8 Å². The first-order chi connectivity index (χ1) is 21.1. The highest BCUT2D eigenvalue weighted by Crippen LogP contribution is 2.36. The zero-order valence-corrected chi connectivity index (χ0v) is 24.6. The molecular formula is C33H32F3N3O4S. The highest BCUT2D eigenvalue weighted by Gasteiger charge is 2.31. The molecular weight excluding hydrogens is 591 g/mol. The molecule has 230 valence electrons. The zero-order chi connectivity index (χ0) is 31.1. The molecule has 3 aromatic carbocycles. The molecule has 3 N–H and O–H groups in total. The van der Waals surface area contributed by atoms with Crippen molar-refractivity contribution in [1.82, 2.24) is 10.3 Å². The first-order valence-corrected chi connectivity index (χ1v) is 15.3. The molecule has 0 spiro atoms.